The summed E-state index contributed by atoms with van der Waals surface area (Å²) in [6, 6.07) is 8.92. The largest absolute Gasteiger partial charge is 0.285 e. The van der Waals surface area contributed by atoms with Crippen LogP contribution in [0.2, 0.25) is 0 Å². The average molecular weight is 396 g/mol. The topological polar surface area (TPSA) is 129 Å². The standard InChI is InChI=1S/C21H12N6O3/c28-16(13-1-7-22-8-2-13)19-25-20(17(29)14-3-9-23-10-4-14)27-21(26-19)18(30)15-5-11-24-12-6-15/h1-12H. The molecule has 0 aliphatic rings. The average Bonchev–Trinajstić information content (AvgIpc) is 2.84. The van der Waals surface area contributed by atoms with Crippen molar-refractivity contribution >= 4 is 17.3 Å². The van der Waals surface area contributed by atoms with Crippen molar-refractivity contribution in [2.45, 2.75) is 0 Å². The van der Waals surface area contributed by atoms with Gasteiger partial charge < -0.3 is 0 Å². The predicted octanol–water partition coefficient (Wildman–Crippen LogP) is 1.75. The lowest BCUT2D eigenvalue weighted by Gasteiger charge is -2.06. The van der Waals surface area contributed by atoms with Crippen LogP contribution >= 0.6 is 0 Å². The zero-order valence-corrected chi connectivity index (χ0v) is 15.3. The summed E-state index contributed by atoms with van der Waals surface area (Å²) in [5.41, 5.74) is 0.794. The van der Waals surface area contributed by atoms with E-state index in [2.05, 4.69) is 29.9 Å². The summed E-state index contributed by atoms with van der Waals surface area (Å²) in [6.45, 7) is 0. The van der Waals surface area contributed by atoms with Crippen LogP contribution in [0.5, 0.6) is 0 Å². The molecule has 0 N–H and O–H groups in total. The highest BCUT2D eigenvalue weighted by molar-refractivity contribution is 6.11. The number of nitrogens with zero attached hydrogens (tertiary/aromatic N) is 6. The van der Waals surface area contributed by atoms with Gasteiger partial charge in [-0.25, -0.2) is 15.0 Å². The van der Waals surface area contributed by atoms with Crippen molar-refractivity contribution in [3.8, 4) is 0 Å². The van der Waals surface area contributed by atoms with Crippen LogP contribution in [0.25, 0.3) is 0 Å². The summed E-state index contributed by atoms with van der Waals surface area (Å²) >= 11 is 0. The minimum absolute atomic E-state index is 0.265. The number of aromatic nitrogens is 6. The van der Waals surface area contributed by atoms with Gasteiger partial charge in [0.25, 0.3) is 0 Å². The number of ketones is 3. The van der Waals surface area contributed by atoms with Crippen LogP contribution < -0.4 is 0 Å². The molecule has 0 amide bonds. The van der Waals surface area contributed by atoms with E-state index < -0.39 is 17.3 Å². The van der Waals surface area contributed by atoms with E-state index in [1.54, 1.807) is 0 Å². The van der Waals surface area contributed by atoms with E-state index in [0.717, 1.165) is 0 Å². The van der Waals surface area contributed by atoms with Gasteiger partial charge in [-0.15, -0.1) is 0 Å². The van der Waals surface area contributed by atoms with E-state index in [9.17, 15) is 14.4 Å². The molecule has 4 rings (SSSR count). The lowest BCUT2D eigenvalue weighted by molar-refractivity contribution is 0.101. The second-order valence-electron chi connectivity index (χ2n) is 6.00. The van der Waals surface area contributed by atoms with Gasteiger partial charge in [-0.05, 0) is 36.4 Å². The SMILES string of the molecule is O=C(c1ccncc1)c1nc(C(=O)c2ccncc2)nc(C(=O)c2ccncc2)n1. The summed E-state index contributed by atoms with van der Waals surface area (Å²) in [5.74, 6) is -2.63. The van der Waals surface area contributed by atoms with E-state index in [4.69, 9.17) is 0 Å². The number of pyridine rings is 3. The first-order valence-corrected chi connectivity index (χ1v) is 8.74. The molecule has 9 nitrogen and oxygen atoms in total. The molecule has 4 heterocycles. The molecule has 0 radical (unpaired) electrons. The Kier molecular flexibility index (Phi) is 5.16. The highest BCUT2D eigenvalue weighted by Crippen LogP contribution is 2.12. The van der Waals surface area contributed by atoms with Crippen LogP contribution in [0.1, 0.15) is 48.5 Å². The highest BCUT2D eigenvalue weighted by Gasteiger charge is 2.23. The van der Waals surface area contributed by atoms with E-state index in [-0.39, 0.29) is 34.2 Å². The van der Waals surface area contributed by atoms with Crippen molar-refractivity contribution in [3.05, 3.63) is 108 Å². The van der Waals surface area contributed by atoms with Gasteiger partial charge in [-0.3, -0.25) is 29.3 Å². The summed E-state index contributed by atoms with van der Waals surface area (Å²) in [7, 11) is 0. The van der Waals surface area contributed by atoms with Gasteiger partial charge in [0, 0.05) is 53.9 Å². The molecule has 4 aromatic heterocycles. The Morgan fingerprint density at radius 2 is 0.667 bits per heavy atom. The molecule has 0 unspecified atom stereocenters. The van der Waals surface area contributed by atoms with Gasteiger partial charge in [-0.2, -0.15) is 0 Å². The third-order valence-corrected chi connectivity index (χ3v) is 4.07. The van der Waals surface area contributed by atoms with Gasteiger partial charge >= 0.3 is 0 Å². The molecule has 0 saturated carbocycles. The molecule has 0 fully saturated rings. The van der Waals surface area contributed by atoms with Crippen LogP contribution in [-0.2, 0) is 0 Å². The zero-order valence-electron chi connectivity index (χ0n) is 15.3. The third-order valence-electron chi connectivity index (χ3n) is 4.07. The van der Waals surface area contributed by atoms with E-state index >= 15 is 0 Å². The van der Waals surface area contributed by atoms with Gasteiger partial charge in [-0.1, -0.05) is 0 Å². The number of carbonyl (C=O) groups excluding carboxylic acids is 3. The third kappa shape index (κ3) is 3.85. The molecular weight excluding hydrogens is 384 g/mol. The van der Waals surface area contributed by atoms with E-state index in [1.807, 2.05) is 0 Å². The minimum atomic E-state index is -0.563. The van der Waals surface area contributed by atoms with Gasteiger partial charge in [0.1, 0.15) is 0 Å². The molecule has 0 saturated heterocycles. The predicted molar refractivity (Wildman–Crippen MR) is 103 cm³/mol. The quantitative estimate of drug-likeness (QED) is 0.448. The summed E-state index contributed by atoms with van der Waals surface area (Å²) in [5, 5.41) is 0. The molecule has 0 bridgehead atoms. The Bertz CT molecular complexity index is 1060. The maximum Gasteiger partial charge on any atom is 0.230 e. The first-order chi connectivity index (χ1) is 14.6. The summed E-state index contributed by atoms with van der Waals surface area (Å²) < 4.78 is 0. The van der Waals surface area contributed by atoms with E-state index in [0.29, 0.717) is 0 Å². The molecule has 0 aliphatic heterocycles. The molecule has 144 valence electrons. The number of rotatable bonds is 6. The Morgan fingerprint density at radius 1 is 0.433 bits per heavy atom. The number of carbonyl (C=O) groups is 3. The minimum Gasteiger partial charge on any atom is -0.285 e. The van der Waals surface area contributed by atoms with Crippen LogP contribution in [0.15, 0.2) is 73.6 Å². The van der Waals surface area contributed by atoms with Crippen LogP contribution in [0, 0.1) is 0 Å². The maximum atomic E-state index is 12.8. The Morgan fingerprint density at radius 3 is 0.900 bits per heavy atom. The van der Waals surface area contributed by atoms with Crippen LogP contribution in [0.3, 0.4) is 0 Å². The molecule has 0 atom stereocenters. The van der Waals surface area contributed by atoms with Crippen molar-refractivity contribution in [2.75, 3.05) is 0 Å². The lowest BCUT2D eigenvalue weighted by Crippen LogP contribution is -2.20. The molecule has 0 aliphatic carbocycles. The smallest absolute Gasteiger partial charge is 0.230 e. The number of hydrogen-bond donors (Lipinski definition) is 0. The second kappa shape index (κ2) is 8.23. The zero-order chi connectivity index (χ0) is 20.9. The molecular formula is C21H12N6O3. The molecule has 0 aromatic carbocycles. The van der Waals surface area contributed by atoms with E-state index in [1.165, 1.54) is 73.6 Å². The molecule has 30 heavy (non-hydrogen) atoms. The summed E-state index contributed by atoms with van der Waals surface area (Å²) in [4.78, 5) is 62.2. The Labute approximate surface area is 169 Å². The molecule has 9 heteroatoms. The van der Waals surface area contributed by atoms with Gasteiger partial charge in [0.05, 0.1) is 0 Å². The first-order valence-electron chi connectivity index (χ1n) is 8.74. The van der Waals surface area contributed by atoms with Crippen molar-refractivity contribution in [1.82, 2.24) is 29.9 Å². The fraction of sp³-hybridized carbons (Fsp3) is 0. The fourth-order valence-corrected chi connectivity index (χ4v) is 2.58. The normalized spacial score (nSPS) is 10.4. The first kappa shape index (κ1) is 18.8. The fourth-order valence-electron chi connectivity index (χ4n) is 2.58. The monoisotopic (exact) mass is 396 g/mol. The second-order valence-corrected chi connectivity index (χ2v) is 6.00. The maximum absolute atomic E-state index is 12.8. The van der Waals surface area contributed by atoms with Crippen molar-refractivity contribution < 1.29 is 14.4 Å². The van der Waals surface area contributed by atoms with Crippen molar-refractivity contribution in [2.24, 2.45) is 0 Å². The highest BCUT2D eigenvalue weighted by atomic mass is 16.1. The van der Waals surface area contributed by atoms with Gasteiger partial charge in [0.2, 0.25) is 34.8 Å². The van der Waals surface area contributed by atoms with Gasteiger partial charge in [0.15, 0.2) is 0 Å². The number of hydrogen-bond acceptors (Lipinski definition) is 9. The van der Waals surface area contributed by atoms with Crippen LogP contribution in [-0.4, -0.2) is 47.3 Å². The Balaban J connectivity index is 1.83. The van der Waals surface area contributed by atoms with Crippen molar-refractivity contribution in [3.63, 3.8) is 0 Å². The summed E-state index contributed by atoms with van der Waals surface area (Å²) in [6.07, 6.45) is 8.67. The Hall–Kier alpha value is -4.53. The van der Waals surface area contributed by atoms with Crippen LogP contribution in [0.4, 0.5) is 0 Å². The molecule has 4 aromatic rings. The van der Waals surface area contributed by atoms with Crippen molar-refractivity contribution in [1.29, 1.82) is 0 Å². The molecule has 0 spiro atoms. The lowest BCUT2D eigenvalue weighted by atomic mass is 10.1.